The Labute approximate surface area is 152 Å². The Morgan fingerprint density at radius 1 is 1.19 bits per heavy atom. The summed E-state index contributed by atoms with van der Waals surface area (Å²) in [4.78, 5) is 12.5. The van der Waals surface area contributed by atoms with E-state index in [1.807, 2.05) is 26.0 Å². The molecule has 0 aliphatic carbocycles. The van der Waals surface area contributed by atoms with Crippen LogP contribution in [-0.2, 0) is 13.0 Å². The number of hydrogen-bond acceptors (Lipinski definition) is 5. The topological polar surface area (TPSA) is 66.0 Å². The molecule has 0 radical (unpaired) electrons. The van der Waals surface area contributed by atoms with E-state index < -0.39 is 0 Å². The molecule has 2 aromatic rings. The van der Waals surface area contributed by atoms with Crippen molar-refractivity contribution >= 4 is 5.91 Å². The molecule has 0 unspecified atom stereocenters. The van der Waals surface area contributed by atoms with Crippen LogP contribution in [0.3, 0.4) is 0 Å². The summed E-state index contributed by atoms with van der Waals surface area (Å²) in [5.74, 6) is 2.72. The van der Waals surface area contributed by atoms with Crippen LogP contribution in [0.25, 0.3) is 0 Å². The van der Waals surface area contributed by atoms with E-state index in [0.717, 1.165) is 29.0 Å². The monoisotopic (exact) mass is 355 g/mol. The van der Waals surface area contributed by atoms with Gasteiger partial charge < -0.3 is 24.3 Å². The highest BCUT2D eigenvalue weighted by Crippen LogP contribution is 2.35. The molecule has 136 valence electrons. The van der Waals surface area contributed by atoms with Crippen LogP contribution in [0.15, 0.2) is 30.3 Å². The molecule has 0 saturated heterocycles. The van der Waals surface area contributed by atoms with Gasteiger partial charge in [0.2, 0.25) is 6.79 Å². The third kappa shape index (κ3) is 3.14. The number of nitrogens with one attached hydrogen (secondary N) is 1. The highest BCUT2D eigenvalue weighted by Gasteiger charge is 2.22. The second kappa shape index (κ2) is 6.78. The van der Waals surface area contributed by atoms with Crippen LogP contribution in [0.2, 0.25) is 0 Å². The van der Waals surface area contributed by atoms with Gasteiger partial charge in [-0.2, -0.15) is 0 Å². The van der Waals surface area contributed by atoms with Gasteiger partial charge in [-0.1, -0.05) is 0 Å². The van der Waals surface area contributed by atoms with Crippen LogP contribution in [0, 0.1) is 0 Å². The fourth-order valence-corrected chi connectivity index (χ4v) is 3.22. The summed E-state index contributed by atoms with van der Waals surface area (Å²) in [5, 5.41) is 2.94. The van der Waals surface area contributed by atoms with Gasteiger partial charge in [-0.05, 0) is 44.2 Å². The first kappa shape index (κ1) is 16.6. The molecular weight excluding hydrogens is 334 g/mol. The molecule has 1 atom stereocenters. The zero-order valence-electron chi connectivity index (χ0n) is 14.8. The molecule has 6 nitrogen and oxygen atoms in total. The highest BCUT2D eigenvalue weighted by molar-refractivity contribution is 5.94. The molecule has 2 heterocycles. The van der Waals surface area contributed by atoms with E-state index in [4.69, 9.17) is 18.9 Å². The molecular formula is C20H21NO5. The van der Waals surface area contributed by atoms with Gasteiger partial charge in [-0.25, -0.2) is 0 Å². The summed E-state index contributed by atoms with van der Waals surface area (Å²) < 4.78 is 22.2. The van der Waals surface area contributed by atoms with Crippen LogP contribution >= 0.6 is 0 Å². The van der Waals surface area contributed by atoms with E-state index in [9.17, 15) is 4.79 Å². The minimum atomic E-state index is -0.180. The number of amides is 1. The normalized spacial score (nSPS) is 16.8. The number of carbonyl (C=O) groups excluding carboxylic acids is 1. The van der Waals surface area contributed by atoms with Crippen molar-refractivity contribution in [2.24, 2.45) is 0 Å². The summed E-state index contributed by atoms with van der Waals surface area (Å²) in [5.41, 5.74) is 2.57. The zero-order valence-corrected chi connectivity index (χ0v) is 14.8. The average Bonchev–Trinajstić information content (AvgIpc) is 3.23. The van der Waals surface area contributed by atoms with Crippen LogP contribution in [0.5, 0.6) is 23.0 Å². The maximum atomic E-state index is 12.5. The van der Waals surface area contributed by atoms with Crippen molar-refractivity contribution in [3.63, 3.8) is 0 Å². The lowest BCUT2D eigenvalue weighted by Gasteiger charge is -2.13. The third-order valence-corrected chi connectivity index (χ3v) is 4.45. The Bertz CT molecular complexity index is 848. The lowest BCUT2D eigenvalue weighted by Crippen LogP contribution is -2.23. The molecule has 4 rings (SSSR count). The van der Waals surface area contributed by atoms with Crippen LogP contribution in [0.4, 0.5) is 0 Å². The minimum absolute atomic E-state index is 0.165. The summed E-state index contributed by atoms with van der Waals surface area (Å²) in [6.07, 6.45) is 1.04. The van der Waals surface area contributed by atoms with Crippen molar-refractivity contribution in [3.05, 3.63) is 47.0 Å². The predicted octanol–water partition coefficient (Wildman–Crippen LogP) is 3.07. The largest absolute Gasteiger partial charge is 0.494 e. The lowest BCUT2D eigenvalue weighted by molar-refractivity contribution is 0.0950. The van der Waals surface area contributed by atoms with E-state index in [0.29, 0.717) is 30.2 Å². The number of rotatable bonds is 5. The van der Waals surface area contributed by atoms with Crippen molar-refractivity contribution in [2.75, 3.05) is 13.4 Å². The first-order chi connectivity index (χ1) is 12.6. The Morgan fingerprint density at radius 2 is 2.04 bits per heavy atom. The molecule has 0 saturated carbocycles. The van der Waals surface area contributed by atoms with E-state index in [1.165, 1.54) is 0 Å². The van der Waals surface area contributed by atoms with Crippen molar-refractivity contribution in [2.45, 2.75) is 32.9 Å². The van der Waals surface area contributed by atoms with E-state index in [-0.39, 0.29) is 18.8 Å². The van der Waals surface area contributed by atoms with Gasteiger partial charge in [0.15, 0.2) is 11.5 Å². The second-order valence-corrected chi connectivity index (χ2v) is 6.38. The van der Waals surface area contributed by atoms with Crippen LogP contribution in [0.1, 0.15) is 35.3 Å². The van der Waals surface area contributed by atoms with E-state index >= 15 is 0 Å². The minimum Gasteiger partial charge on any atom is -0.494 e. The SMILES string of the molecule is CCOc1cc2c(cc1CNC(=O)c1ccc3c(c1)OCO3)O[C@H](C)C2. The maximum absolute atomic E-state index is 12.5. The predicted molar refractivity (Wildman–Crippen MR) is 95.1 cm³/mol. The number of fused-ring (bicyclic) bond motifs is 2. The van der Waals surface area contributed by atoms with Crippen LogP contribution < -0.4 is 24.3 Å². The van der Waals surface area contributed by atoms with Gasteiger partial charge in [0.05, 0.1) is 6.61 Å². The van der Waals surface area contributed by atoms with Crippen molar-refractivity contribution in [3.8, 4) is 23.0 Å². The van der Waals surface area contributed by atoms with Crippen molar-refractivity contribution in [1.29, 1.82) is 0 Å². The zero-order chi connectivity index (χ0) is 18.1. The lowest BCUT2D eigenvalue weighted by atomic mass is 10.1. The molecule has 0 bridgehead atoms. The molecule has 1 N–H and O–H groups in total. The molecule has 6 heteroatoms. The molecule has 0 aromatic heterocycles. The first-order valence-electron chi connectivity index (χ1n) is 8.77. The van der Waals surface area contributed by atoms with Gasteiger partial charge in [-0.15, -0.1) is 0 Å². The number of hydrogen-bond donors (Lipinski definition) is 1. The average molecular weight is 355 g/mol. The smallest absolute Gasteiger partial charge is 0.251 e. The third-order valence-electron chi connectivity index (χ3n) is 4.45. The first-order valence-corrected chi connectivity index (χ1v) is 8.77. The van der Waals surface area contributed by atoms with Crippen LogP contribution in [-0.4, -0.2) is 25.4 Å². The Hall–Kier alpha value is -2.89. The van der Waals surface area contributed by atoms with E-state index in [1.54, 1.807) is 18.2 Å². The number of carbonyl (C=O) groups is 1. The second-order valence-electron chi connectivity index (χ2n) is 6.38. The molecule has 2 aromatic carbocycles. The standard InChI is InChI=1S/C20H21NO5/c1-3-23-17-8-14-6-12(2)26-18(14)9-15(17)10-21-20(22)13-4-5-16-19(7-13)25-11-24-16/h4-5,7-9,12H,3,6,10-11H2,1-2H3,(H,21,22)/t12-/m1/s1. The Balaban J connectivity index is 1.50. The fourth-order valence-electron chi connectivity index (χ4n) is 3.22. The Kier molecular flexibility index (Phi) is 4.32. The summed E-state index contributed by atoms with van der Waals surface area (Å²) in [7, 11) is 0. The van der Waals surface area contributed by atoms with Gasteiger partial charge in [0.25, 0.3) is 5.91 Å². The molecule has 0 fully saturated rings. The van der Waals surface area contributed by atoms with Gasteiger partial charge in [0, 0.05) is 29.7 Å². The summed E-state index contributed by atoms with van der Waals surface area (Å²) >= 11 is 0. The molecule has 2 aliphatic rings. The number of ether oxygens (including phenoxy) is 4. The molecule has 1 amide bonds. The molecule has 26 heavy (non-hydrogen) atoms. The van der Waals surface area contributed by atoms with Crippen molar-refractivity contribution in [1.82, 2.24) is 5.32 Å². The quantitative estimate of drug-likeness (QED) is 0.893. The molecule has 0 spiro atoms. The Morgan fingerprint density at radius 3 is 2.88 bits per heavy atom. The summed E-state index contributed by atoms with van der Waals surface area (Å²) in [6.45, 7) is 5.10. The highest BCUT2D eigenvalue weighted by atomic mass is 16.7. The van der Waals surface area contributed by atoms with E-state index in [2.05, 4.69) is 5.32 Å². The maximum Gasteiger partial charge on any atom is 0.251 e. The van der Waals surface area contributed by atoms with Gasteiger partial charge in [0.1, 0.15) is 17.6 Å². The van der Waals surface area contributed by atoms with Gasteiger partial charge >= 0.3 is 0 Å². The summed E-state index contributed by atoms with van der Waals surface area (Å²) in [6, 6.07) is 9.13. The van der Waals surface area contributed by atoms with Gasteiger partial charge in [-0.3, -0.25) is 4.79 Å². The number of benzene rings is 2. The van der Waals surface area contributed by atoms with Crippen molar-refractivity contribution < 1.29 is 23.7 Å². The fraction of sp³-hybridized carbons (Fsp3) is 0.350. The molecule has 2 aliphatic heterocycles.